The van der Waals surface area contributed by atoms with Crippen molar-refractivity contribution in [1.82, 2.24) is 4.98 Å². The molecule has 6 heteroatoms. The quantitative estimate of drug-likeness (QED) is 0.491. The van der Waals surface area contributed by atoms with Crippen LogP contribution in [0.3, 0.4) is 0 Å². The lowest BCUT2D eigenvalue weighted by Gasteiger charge is -2.16. The number of benzene rings is 1. The third-order valence-electron chi connectivity index (χ3n) is 3.69. The van der Waals surface area contributed by atoms with Crippen LogP contribution in [-0.4, -0.2) is 24.0 Å². The van der Waals surface area contributed by atoms with E-state index in [2.05, 4.69) is 15.0 Å². The van der Waals surface area contributed by atoms with E-state index < -0.39 is 0 Å². The van der Waals surface area contributed by atoms with Crippen LogP contribution in [0.25, 0.3) is 21.7 Å². The molecule has 22 heavy (non-hydrogen) atoms. The number of anilines is 1. The van der Waals surface area contributed by atoms with E-state index >= 15 is 0 Å². The third kappa shape index (κ3) is 2.92. The summed E-state index contributed by atoms with van der Waals surface area (Å²) in [5, 5.41) is 3.56. The number of carbonyl (C=O) groups excluding carboxylic acids is 1. The van der Waals surface area contributed by atoms with Crippen LogP contribution in [0.2, 0.25) is 0 Å². The maximum Gasteiger partial charge on any atom is 0.228 e. The van der Waals surface area contributed by atoms with Crippen molar-refractivity contribution in [1.29, 1.82) is 0 Å². The molecule has 1 fully saturated rings. The molecule has 1 saturated heterocycles. The second-order valence-electron chi connectivity index (χ2n) is 5.23. The van der Waals surface area contributed by atoms with Crippen LogP contribution in [0, 0.1) is 5.92 Å². The molecule has 0 saturated carbocycles. The lowest BCUT2D eigenvalue weighted by molar-refractivity contribution is -0.117. The second-order valence-corrected chi connectivity index (χ2v) is 5.23. The fourth-order valence-electron chi connectivity index (χ4n) is 2.62. The van der Waals surface area contributed by atoms with Crippen LogP contribution in [-0.2, 0) is 4.79 Å². The average Bonchev–Trinajstić information content (AvgIpc) is 2.95. The molecule has 1 atom stereocenters. The van der Waals surface area contributed by atoms with E-state index in [9.17, 15) is 4.79 Å². The molecule has 0 spiro atoms. The average molecular weight is 293 g/mol. The molecule has 0 radical (unpaired) electrons. The third-order valence-corrected chi connectivity index (χ3v) is 3.69. The normalized spacial score (nSPS) is 17.4. The minimum absolute atomic E-state index is 0.0239. The van der Waals surface area contributed by atoms with Crippen molar-refractivity contribution in [3.8, 4) is 11.3 Å². The Morgan fingerprint density at radius 1 is 1.23 bits per heavy atom. The van der Waals surface area contributed by atoms with Gasteiger partial charge in [0.05, 0.1) is 5.69 Å². The Bertz CT molecular complexity index is 724. The smallest absolute Gasteiger partial charge is 0.228 e. The van der Waals surface area contributed by atoms with Gasteiger partial charge in [0.25, 0.3) is 0 Å². The molecule has 2 aromatic rings. The molecule has 2 heterocycles. The highest BCUT2D eigenvalue weighted by molar-refractivity contribution is 5.95. The maximum absolute atomic E-state index is 12.1. The predicted octanol–water partition coefficient (Wildman–Crippen LogP) is 3.41. The van der Waals surface area contributed by atoms with E-state index in [0.717, 1.165) is 11.3 Å². The van der Waals surface area contributed by atoms with Gasteiger partial charge in [0, 0.05) is 30.0 Å². The van der Waals surface area contributed by atoms with Crippen molar-refractivity contribution in [3.63, 3.8) is 0 Å². The number of amides is 1. The number of hydrogen-bond acceptors (Lipinski definition) is 3. The van der Waals surface area contributed by atoms with Gasteiger partial charge in [-0.25, -0.2) is 4.98 Å². The van der Waals surface area contributed by atoms with Crippen LogP contribution < -0.4 is 4.90 Å². The van der Waals surface area contributed by atoms with Crippen LogP contribution >= 0.6 is 0 Å². The second kappa shape index (κ2) is 6.28. The molecule has 0 N–H and O–H groups in total. The summed E-state index contributed by atoms with van der Waals surface area (Å²) in [6.07, 6.45) is 0.399. The standard InChI is InChI=1S/C16H15N5O/c17-20-18-10-12-9-16(22)21(11-12)15-8-4-7-14(19-15)13-5-2-1-3-6-13/h1-8,12H,9-11H2. The molecular formula is C16H15N5O. The van der Waals surface area contributed by atoms with E-state index in [1.54, 1.807) is 4.90 Å². The number of nitrogens with zero attached hydrogens (tertiary/aromatic N) is 5. The zero-order valence-corrected chi connectivity index (χ0v) is 12.0. The summed E-state index contributed by atoms with van der Waals surface area (Å²) in [4.78, 5) is 21.2. The molecule has 0 aliphatic carbocycles. The minimum Gasteiger partial charge on any atom is -0.297 e. The van der Waals surface area contributed by atoms with Gasteiger partial charge in [-0.15, -0.1) is 0 Å². The highest BCUT2D eigenvalue weighted by Gasteiger charge is 2.30. The first kappa shape index (κ1) is 14.1. The first-order valence-electron chi connectivity index (χ1n) is 7.11. The zero-order valence-electron chi connectivity index (χ0n) is 12.0. The fraction of sp³-hybridized carbons (Fsp3) is 0.250. The number of carbonyl (C=O) groups is 1. The van der Waals surface area contributed by atoms with Gasteiger partial charge in [0.1, 0.15) is 5.82 Å². The Kier molecular flexibility index (Phi) is 4.03. The van der Waals surface area contributed by atoms with Crippen molar-refractivity contribution in [2.75, 3.05) is 18.0 Å². The van der Waals surface area contributed by atoms with Crippen LogP contribution in [0.1, 0.15) is 6.42 Å². The Morgan fingerprint density at radius 2 is 2.05 bits per heavy atom. The Balaban J connectivity index is 1.84. The van der Waals surface area contributed by atoms with Crippen molar-refractivity contribution in [2.24, 2.45) is 11.0 Å². The van der Waals surface area contributed by atoms with E-state index in [-0.39, 0.29) is 11.8 Å². The van der Waals surface area contributed by atoms with E-state index in [4.69, 9.17) is 5.53 Å². The van der Waals surface area contributed by atoms with Crippen LogP contribution in [0.15, 0.2) is 53.6 Å². The summed E-state index contributed by atoms with van der Waals surface area (Å²) >= 11 is 0. The highest BCUT2D eigenvalue weighted by atomic mass is 16.2. The van der Waals surface area contributed by atoms with E-state index in [1.807, 2.05) is 48.5 Å². The zero-order chi connectivity index (χ0) is 15.4. The molecule has 0 bridgehead atoms. The van der Waals surface area contributed by atoms with Crippen molar-refractivity contribution >= 4 is 11.7 Å². The SMILES string of the molecule is [N-]=[N+]=NCC1CC(=O)N(c2cccc(-c3ccccc3)n2)C1. The number of pyridine rings is 1. The Labute approximate surface area is 128 Å². The number of rotatable bonds is 4. The molecule has 1 aliphatic rings. The first-order chi connectivity index (χ1) is 10.8. The molecule has 1 aromatic carbocycles. The van der Waals surface area contributed by atoms with Gasteiger partial charge in [-0.1, -0.05) is 41.5 Å². The molecule has 110 valence electrons. The lowest BCUT2D eigenvalue weighted by Crippen LogP contribution is -2.25. The molecule has 3 rings (SSSR count). The van der Waals surface area contributed by atoms with Gasteiger partial charge in [-0.2, -0.15) is 0 Å². The number of hydrogen-bond donors (Lipinski definition) is 0. The van der Waals surface area contributed by atoms with Crippen LogP contribution in [0.4, 0.5) is 5.82 Å². The van der Waals surface area contributed by atoms with Gasteiger partial charge < -0.3 is 0 Å². The van der Waals surface area contributed by atoms with Gasteiger partial charge >= 0.3 is 0 Å². The molecule has 1 amide bonds. The molecule has 1 aromatic heterocycles. The summed E-state index contributed by atoms with van der Waals surface area (Å²) in [5.74, 6) is 0.733. The molecule has 1 unspecified atom stereocenters. The summed E-state index contributed by atoms with van der Waals surface area (Å²) in [6, 6.07) is 15.5. The van der Waals surface area contributed by atoms with Crippen molar-refractivity contribution < 1.29 is 4.79 Å². The van der Waals surface area contributed by atoms with Gasteiger partial charge in [-0.3, -0.25) is 9.69 Å². The topological polar surface area (TPSA) is 82.0 Å². The summed E-state index contributed by atoms with van der Waals surface area (Å²) in [5.41, 5.74) is 10.2. The maximum atomic E-state index is 12.1. The summed E-state index contributed by atoms with van der Waals surface area (Å²) in [7, 11) is 0. The summed E-state index contributed by atoms with van der Waals surface area (Å²) in [6.45, 7) is 0.889. The fourth-order valence-corrected chi connectivity index (χ4v) is 2.62. The Morgan fingerprint density at radius 3 is 2.82 bits per heavy atom. The number of aromatic nitrogens is 1. The number of azide groups is 1. The van der Waals surface area contributed by atoms with Gasteiger partial charge in [0.2, 0.25) is 5.91 Å². The van der Waals surface area contributed by atoms with E-state index in [0.29, 0.717) is 25.3 Å². The summed E-state index contributed by atoms with van der Waals surface area (Å²) < 4.78 is 0. The molecular weight excluding hydrogens is 278 g/mol. The Hall–Kier alpha value is -2.85. The van der Waals surface area contributed by atoms with Crippen LogP contribution in [0.5, 0.6) is 0 Å². The first-order valence-corrected chi connectivity index (χ1v) is 7.11. The van der Waals surface area contributed by atoms with Gasteiger partial charge in [0.15, 0.2) is 0 Å². The monoisotopic (exact) mass is 293 g/mol. The van der Waals surface area contributed by atoms with Gasteiger partial charge in [-0.05, 0) is 23.6 Å². The highest BCUT2D eigenvalue weighted by Crippen LogP contribution is 2.26. The minimum atomic E-state index is 0.0239. The van der Waals surface area contributed by atoms with Crippen molar-refractivity contribution in [3.05, 3.63) is 59.0 Å². The molecule has 1 aliphatic heterocycles. The predicted molar refractivity (Wildman–Crippen MR) is 84.1 cm³/mol. The lowest BCUT2D eigenvalue weighted by atomic mass is 10.1. The molecule has 6 nitrogen and oxygen atoms in total. The van der Waals surface area contributed by atoms with Crippen molar-refractivity contribution in [2.45, 2.75) is 6.42 Å². The van der Waals surface area contributed by atoms with E-state index in [1.165, 1.54) is 0 Å². The largest absolute Gasteiger partial charge is 0.297 e.